The number of nitrogens with zero attached hydrogens (tertiary/aromatic N) is 3. The van der Waals surface area contributed by atoms with Gasteiger partial charge in [0, 0.05) is 13.1 Å². The van der Waals surface area contributed by atoms with E-state index in [9.17, 15) is 0 Å². The van der Waals surface area contributed by atoms with Gasteiger partial charge >= 0.3 is 0 Å². The van der Waals surface area contributed by atoms with Crippen LogP contribution in [0.5, 0.6) is 0 Å². The van der Waals surface area contributed by atoms with E-state index in [0.29, 0.717) is 0 Å². The first-order valence-corrected chi connectivity index (χ1v) is 4.92. The van der Waals surface area contributed by atoms with Crippen molar-refractivity contribution in [2.24, 2.45) is 0 Å². The standard InChI is InChI=1S/C11H13N3/c12-7-3-4-8-14-9-13-10-5-1-2-6-11(10)14/h1-2,5-6,9H,3-4,7-8H2. The summed E-state index contributed by atoms with van der Waals surface area (Å²) in [6.07, 6.45) is 3.71. The van der Waals surface area contributed by atoms with Crippen molar-refractivity contribution in [3.63, 3.8) is 0 Å². The first-order valence-electron chi connectivity index (χ1n) is 4.92. The molecule has 0 atom stereocenters. The highest BCUT2D eigenvalue weighted by Crippen LogP contribution is 2.12. The van der Waals surface area contributed by atoms with Crippen LogP contribution in [0.3, 0.4) is 0 Å². The molecule has 14 heavy (non-hydrogen) atoms. The van der Waals surface area contributed by atoms with Gasteiger partial charge in [0.05, 0.1) is 17.4 Å². The van der Waals surface area contributed by atoms with Crippen LogP contribution in [-0.2, 0) is 6.54 Å². The number of imidazole rings is 1. The summed E-state index contributed by atoms with van der Waals surface area (Å²) in [5, 5.41) is 0. The van der Waals surface area contributed by atoms with E-state index in [0.717, 1.165) is 24.9 Å². The summed E-state index contributed by atoms with van der Waals surface area (Å²) in [6, 6.07) is 8.10. The van der Waals surface area contributed by atoms with E-state index in [1.807, 2.05) is 24.5 Å². The molecular formula is C11H13N3. The maximum atomic E-state index is 8.68. The van der Waals surface area contributed by atoms with Crippen LogP contribution < -0.4 is 5.73 Å². The molecule has 0 amide bonds. The highest BCUT2D eigenvalue weighted by Gasteiger charge is 1.99. The SMILES string of the molecule is [N]CCCCn1cnc2ccccc21. The highest BCUT2D eigenvalue weighted by molar-refractivity contribution is 5.74. The van der Waals surface area contributed by atoms with Gasteiger partial charge in [-0.3, -0.25) is 0 Å². The molecule has 0 unspecified atom stereocenters. The first-order chi connectivity index (χ1) is 6.92. The lowest BCUT2D eigenvalue weighted by molar-refractivity contribution is 0.623. The molecule has 0 saturated heterocycles. The minimum atomic E-state index is 0.270. The topological polar surface area (TPSA) is 40.1 Å². The number of benzene rings is 1. The van der Waals surface area contributed by atoms with Crippen molar-refractivity contribution in [1.29, 1.82) is 0 Å². The quantitative estimate of drug-likeness (QED) is 0.674. The predicted molar refractivity (Wildman–Crippen MR) is 56.0 cm³/mol. The van der Waals surface area contributed by atoms with Crippen molar-refractivity contribution >= 4 is 11.0 Å². The van der Waals surface area contributed by atoms with Crippen LogP contribution in [0.2, 0.25) is 0 Å². The maximum absolute atomic E-state index is 8.68. The van der Waals surface area contributed by atoms with Crippen LogP contribution in [-0.4, -0.2) is 16.1 Å². The summed E-state index contributed by atoms with van der Waals surface area (Å²) in [6.45, 7) is 1.20. The summed E-state index contributed by atoms with van der Waals surface area (Å²) in [5.41, 5.74) is 10.9. The lowest BCUT2D eigenvalue weighted by Gasteiger charge is -2.02. The van der Waals surface area contributed by atoms with Gasteiger partial charge in [-0.25, -0.2) is 4.98 Å². The molecule has 0 bridgehead atoms. The minimum Gasteiger partial charge on any atom is -0.331 e. The molecular weight excluding hydrogens is 174 g/mol. The third-order valence-electron chi connectivity index (χ3n) is 2.33. The van der Waals surface area contributed by atoms with Crippen molar-refractivity contribution in [2.45, 2.75) is 19.4 Å². The zero-order valence-corrected chi connectivity index (χ0v) is 8.06. The fourth-order valence-electron chi connectivity index (χ4n) is 1.58. The second-order valence-corrected chi connectivity index (χ2v) is 3.36. The van der Waals surface area contributed by atoms with Gasteiger partial charge in [-0.1, -0.05) is 12.1 Å². The van der Waals surface area contributed by atoms with E-state index in [-0.39, 0.29) is 6.54 Å². The van der Waals surface area contributed by atoms with Crippen molar-refractivity contribution < 1.29 is 0 Å². The molecule has 72 valence electrons. The third-order valence-corrected chi connectivity index (χ3v) is 2.33. The molecule has 0 fully saturated rings. The monoisotopic (exact) mass is 187 g/mol. The Morgan fingerprint density at radius 3 is 2.93 bits per heavy atom. The largest absolute Gasteiger partial charge is 0.331 e. The van der Waals surface area contributed by atoms with Gasteiger partial charge in [0.1, 0.15) is 0 Å². The van der Waals surface area contributed by atoms with Crippen LogP contribution in [0, 0.1) is 0 Å². The van der Waals surface area contributed by atoms with Gasteiger partial charge in [-0.05, 0) is 25.0 Å². The lowest BCUT2D eigenvalue weighted by atomic mass is 10.3. The fraction of sp³-hybridized carbons (Fsp3) is 0.364. The minimum absolute atomic E-state index is 0.270. The number of fused-ring (bicyclic) bond motifs is 1. The van der Waals surface area contributed by atoms with Gasteiger partial charge in [-0.15, -0.1) is 5.73 Å². The molecule has 1 aromatic heterocycles. The van der Waals surface area contributed by atoms with Gasteiger partial charge < -0.3 is 4.57 Å². The Morgan fingerprint density at radius 2 is 2.07 bits per heavy atom. The van der Waals surface area contributed by atoms with Crippen molar-refractivity contribution in [2.75, 3.05) is 6.54 Å². The number of aryl methyl sites for hydroxylation is 1. The highest BCUT2D eigenvalue weighted by atomic mass is 15.0. The summed E-state index contributed by atoms with van der Waals surface area (Å²) < 4.78 is 2.13. The van der Waals surface area contributed by atoms with E-state index in [4.69, 9.17) is 5.73 Å². The Bertz CT molecular complexity index is 406. The van der Waals surface area contributed by atoms with Crippen molar-refractivity contribution in [3.05, 3.63) is 30.6 Å². The Hall–Kier alpha value is -1.35. The van der Waals surface area contributed by atoms with Crippen molar-refractivity contribution in [3.8, 4) is 0 Å². The van der Waals surface area contributed by atoms with E-state index < -0.39 is 0 Å². The first kappa shape index (κ1) is 9.21. The molecule has 0 spiro atoms. The molecule has 1 aromatic carbocycles. The zero-order valence-electron chi connectivity index (χ0n) is 8.06. The molecule has 3 nitrogen and oxygen atoms in total. The average molecular weight is 187 g/mol. The van der Waals surface area contributed by atoms with E-state index in [1.54, 1.807) is 0 Å². The molecule has 0 aliphatic heterocycles. The normalized spacial score (nSPS) is 10.9. The number of hydrogen-bond donors (Lipinski definition) is 0. The summed E-state index contributed by atoms with van der Waals surface area (Å²) in [7, 11) is 0. The Kier molecular flexibility index (Phi) is 2.79. The maximum Gasteiger partial charge on any atom is 0.0958 e. The number of unbranched alkanes of at least 4 members (excludes halogenated alkanes) is 1. The Morgan fingerprint density at radius 1 is 1.21 bits per heavy atom. The second kappa shape index (κ2) is 4.24. The number of rotatable bonds is 4. The number of hydrogen-bond acceptors (Lipinski definition) is 1. The van der Waals surface area contributed by atoms with Crippen LogP contribution in [0.15, 0.2) is 30.6 Å². The fourth-order valence-corrected chi connectivity index (χ4v) is 1.58. The van der Waals surface area contributed by atoms with E-state index in [2.05, 4.69) is 15.6 Å². The molecule has 0 aliphatic carbocycles. The smallest absolute Gasteiger partial charge is 0.0958 e. The summed E-state index contributed by atoms with van der Waals surface area (Å²) in [4.78, 5) is 4.30. The molecule has 3 heteroatoms. The summed E-state index contributed by atoms with van der Waals surface area (Å²) >= 11 is 0. The molecule has 2 radical (unpaired) electrons. The zero-order chi connectivity index (χ0) is 9.80. The number of para-hydroxylation sites is 2. The van der Waals surface area contributed by atoms with Crippen LogP contribution in [0.4, 0.5) is 0 Å². The Labute approximate surface area is 83.6 Å². The molecule has 0 N–H and O–H groups in total. The van der Waals surface area contributed by atoms with Gasteiger partial charge in [0.15, 0.2) is 0 Å². The van der Waals surface area contributed by atoms with Crippen LogP contribution in [0.1, 0.15) is 12.8 Å². The Balaban J connectivity index is 2.17. The van der Waals surface area contributed by atoms with E-state index in [1.165, 1.54) is 5.52 Å². The summed E-state index contributed by atoms with van der Waals surface area (Å²) in [5.74, 6) is 0. The molecule has 0 aliphatic rings. The average Bonchev–Trinajstić information content (AvgIpc) is 2.63. The molecule has 2 aromatic rings. The second-order valence-electron chi connectivity index (χ2n) is 3.36. The third kappa shape index (κ3) is 1.77. The van der Waals surface area contributed by atoms with Crippen LogP contribution >= 0.6 is 0 Å². The molecule has 2 rings (SSSR count). The van der Waals surface area contributed by atoms with E-state index >= 15 is 0 Å². The van der Waals surface area contributed by atoms with Gasteiger partial charge in [0.25, 0.3) is 0 Å². The lowest BCUT2D eigenvalue weighted by Crippen LogP contribution is -1.97. The predicted octanol–water partition coefficient (Wildman–Crippen LogP) is 1.89. The van der Waals surface area contributed by atoms with Gasteiger partial charge in [-0.2, -0.15) is 0 Å². The number of aromatic nitrogens is 2. The molecule has 1 heterocycles. The molecule has 0 saturated carbocycles. The van der Waals surface area contributed by atoms with Crippen LogP contribution in [0.25, 0.3) is 11.0 Å². The van der Waals surface area contributed by atoms with Gasteiger partial charge in [0.2, 0.25) is 0 Å². The van der Waals surface area contributed by atoms with Crippen molar-refractivity contribution in [1.82, 2.24) is 15.3 Å².